The summed E-state index contributed by atoms with van der Waals surface area (Å²) in [5.74, 6) is 1.60. The molecular formula is C22H32N6O4. The van der Waals surface area contributed by atoms with Crippen LogP contribution in [0.2, 0.25) is 0 Å². The second kappa shape index (κ2) is 11.5. The number of aromatic nitrogens is 4. The Labute approximate surface area is 187 Å². The number of anilines is 1. The number of nitrogens with one attached hydrogen (secondary N) is 1. The van der Waals surface area contributed by atoms with Crippen molar-refractivity contribution in [3.05, 3.63) is 35.7 Å². The highest BCUT2D eigenvalue weighted by atomic mass is 16.5. The molecule has 0 aliphatic heterocycles. The van der Waals surface area contributed by atoms with E-state index in [1.54, 1.807) is 17.8 Å². The van der Waals surface area contributed by atoms with Crippen molar-refractivity contribution in [1.29, 1.82) is 0 Å². The first-order valence-electron chi connectivity index (χ1n) is 10.8. The van der Waals surface area contributed by atoms with E-state index >= 15 is 0 Å². The Morgan fingerprint density at radius 1 is 1.25 bits per heavy atom. The highest BCUT2D eigenvalue weighted by Crippen LogP contribution is 2.29. The molecule has 0 amide bonds. The zero-order chi connectivity index (χ0) is 22.9. The number of aliphatic hydroxyl groups is 1. The molecule has 0 radical (unpaired) electrons. The first-order chi connectivity index (χ1) is 15.6. The van der Waals surface area contributed by atoms with Gasteiger partial charge in [-0.2, -0.15) is 4.98 Å². The molecule has 0 aliphatic carbocycles. The maximum atomic E-state index is 9.28. The van der Waals surface area contributed by atoms with Crippen LogP contribution in [-0.2, 0) is 6.42 Å². The number of nitrogens with two attached hydrogens (primary N) is 1. The number of aliphatic hydroxyl groups excluding tert-OH is 1. The molecule has 10 heteroatoms. The van der Waals surface area contributed by atoms with E-state index in [-0.39, 0.29) is 24.5 Å². The van der Waals surface area contributed by atoms with E-state index in [1.807, 2.05) is 25.2 Å². The number of methoxy groups -OCH3 is 1. The molecule has 10 nitrogen and oxygen atoms in total. The second-order valence-electron chi connectivity index (χ2n) is 7.42. The number of benzene rings is 1. The summed E-state index contributed by atoms with van der Waals surface area (Å²) in [5.41, 5.74) is 8.42. The zero-order valence-electron chi connectivity index (χ0n) is 18.9. The van der Waals surface area contributed by atoms with Gasteiger partial charge in [-0.3, -0.25) is 0 Å². The van der Waals surface area contributed by atoms with Gasteiger partial charge in [-0.1, -0.05) is 19.4 Å². The Morgan fingerprint density at radius 2 is 2.09 bits per heavy atom. The maximum absolute atomic E-state index is 9.28. The lowest BCUT2D eigenvalue weighted by Crippen LogP contribution is -2.20. The highest BCUT2D eigenvalue weighted by molar-refractivity contribution is 5.60. The van der Waals surface area contributed by atoms with Crippen LogP contribution in [0.1, 0.15) is 37.4 Å². The summed E-state index contributed by atoms with van der Waals surface area (Å²) >= 11 is 0. The molecule has 1 aromatic carbocycles. The molecule has 3 aromatic rings. The maximum Gasteiger partial charge on any atom is 0.336 e. The first kappa shape index (κ1) is 23.6. The van der Waals surface area contributed by atoms with Crippen LogP contribution in [0.25, 0.3) is 5.65 Å². The number of imidazole rings is 1. The highest BCUT2D eigenvalue weighted by Gasteiger charge is 2.16. The van der Waals surface area contributed by atoms with Crippen molar-refractivity contribution in [3.8, 4) is 17.5 Å². The molecule has 0 spiro atoms. The van der Waals surface area contributed by atoms with Crippen molar-refractivity contribution in [2.24, 2.45) is 0 Å². The fourth-order valence-corrected chi connectivity index (χ4v) is 3.39. The summed E-state index contributed by atoms with van der Waals surface area (Å²) < 4.78 is 18.8. The van der Waals surface area contributed by atoms with Gasteiger partial charge in [0.1, 0.15) is 12.7 Å². The lowest BCUT2D eigenvalue weighted by Gasteiger charge is -2.16. The minimum atomic E-state index is -0.173. The summed E-state index contributed by atoms with van der Waals surface area (Å²) in [5, 5.41) is 16.8. The molecule has 174 valence electrons. The van der Waals surface area contributed by atoms with E-state index in [4.69, 9.17) is 19.9 Å². The summed E-state index contributed by atoms with van der Waals surface area (Å²) in [6.45, 7) is 3.39. The minimum absolute atomic E-state index is 0.0369. The van der Waals surface area contributed by atoms with Crippen molar-refractivity contribution in [1.82, 2.24) is 24.9 Å². The van der Waals surface area contributed by atoms with Crippen molar-refractivity contribution in [2.75, 3.05) is 39.6 Å². The van der Waals surface area contributed by atoms with E-state index in [0.29, 0.717) is 36.6 Å². The summed E-state index contributed by atoms with van der Waals surface area (Å²) in [7, 11) is 3.50. The van der Waals surface area contributed by atoms with Crippen LogP contribution in [0, 0.1) is 0 Å². The van der Waals surface area contributed by atoms with E-state index in [9.17, 15) is 5.11 Å². The van der Waals surface area contributed by atoms with Crippen LogP contribution in [-0.4, -0.2) is 64.7 Å². The van der Waals surface area contributed by atoms with E-state index in [0.717, 1.165) is 30.6 Å². The quantitative estimate of drug-likeness (QED) is 0.338. The molecule has 1 unspecified atom stereocenters. The summed E-state index contributed by atoms with van der Waals surface area (Å²) in [4.78, 5) is 8.61. The van der Waals surface area contributed by atoms with Gasteiger partial charge in [-0.05, 0) is 31.2 Å². The van der Waals surface area contributed by atoms with Crippen LogP contribution in [0.5, 0.6) is 17.5 Å². The van der Waals surface area contributed by atoms with Gasteiger partial charge in [-0.25, -0.2) is 9.50 Å². The van der Waals surface area contributed by atoms with E-state index < -0.39 is 0 Å². The summed E-state index contributed by atoms with van der Waals surface area (Å²) in [6, 6.07) is 5.99. The molecule has 4 N–H and O–H groups in total. The minimum Gasteiger partial charge on any atom is -0.493 e. The van der Waals surface area contributed by atoms with Gasteiger partial charge in [0.25, 0.3) is 0 Å². The average molecular weight is 445 g/mol. The Hall–Kier alpha value is -3.11. The van der Waals surface area contributed by atoms with E-state index in [1.165, 1.54) is 0 Å². The SMILES string of the molecule is CCCC(CCO)Oc1nc(N)c2ncc(Cc3ccc(OCCNC)c(OC)c3)n2n1. The van der Waals surface area contributed by atoms with Gasteiger partial charge in [-0.15, -0.1) is 5.10 Å². The number of hydrogen-bond acceptors (Lipinski definition) is 9. The number of likely N-dealkylation sites (N-methyl/N-ethyl adjacent to an activating group) is 1. The fraction of sp³-hybridized carbons (Fsp3) is 0.500. The fourth-order valence-electron chi connectivity index (χ4n) is 3.39. The molecular weight excluding hydrogens is 412 g/mol. The van der Waals surface area contributed by atoms with Crippen LogP contribution >= 0.6 is 0 Å². The standard InChI is InChI=1S/C22H32N6O4/c1-4-5-17(8-10-29)32-22-26-20(23)21-25-14-16(28(21)27-22)12-15-6-7-18(19(13-15)30-3)31-11-9-24-2/h6-7,13-14,17,24,29H,4-5,8-12H2,1-3H3,(H2,23,26,27). The third-order valence-corrected chi connectivity index (χ3v) is 5.00. The molecule has 2 heterocycles. The van der Waals surface area contributed by atoms with Gasteiger partial charge < -0.3 is 30.4 Å². The number of fused-ring (bicyclic) bond motifs is 1. The van der Waals surface area contributed by atoms with Crippen molar-refractivity contribution in [3.63, 3.8) is 0 Å². The smallest absolute Gasteiger partial charge is 0.336 e. The Balaban J connectivity index is 1.83. The third kappa shape index (κ3) is 5.77. The van der Waals surface area contributed by atoms with Gasteiger partial charge in [0.05, 0.1) is 19.0 Å². The van der Waals surface area contributed by atoms with Crippen LogP contribution in [0.3, 0.4) is 0 Å². The molecule has 32 heavy (non-hydrogen) atoms. The molecule has 0 saturated heterocycles. The lowest BCUT2D eigenvalue weighted by atomic mass is 10.1. The van der Waals surface area contributed by atoms with Crippen LogP contribution < -0.4 is 25.3 Å². The normalized spacial score (nSPS) is 12.1. The number of nitrogens with zero attached hydrogens (tertiary/aromatic N) is 4. The van der Waals surface area contributed by atoms with Crippen molar-refractivity contribution < 1.29 is 19.3 Å². The molecule has 1 atom stereocenters. The summed E-state index contributed by atoms with van der Waals surface area (Å²) in [6.07, 6.45) is 4.34. The van der Waals surface area contributed by atoms with Gasteiger partial charge in [0, 0.05) is 26.0 Å². The Morgan fingerprint density at radius 3 is 2.81 bits per heavy atom. The van der Waals surface area contributed by atoms with Crippen molar-refractivity contribution >= 4 is 11.5 Å². The predicted molar refractivity (Wildman–Crippen MR) is 121 cm³/mol. The first-order valence-corrected chi connectivity index (χ1v) is 10.8. The molecule has 3 rings (SSSR count). The molecule has 0 saturated carbocycles. The number of ether oxygens (including phenoxy) is 3. The van der Waals surface area contributed by atoms with Crippen LogP contribution in [0.15, 0.2) is 24.4 Å². The molecule has 0 bridgehead atoms. The lowest BCUT2D eigenvalue weighted by molar-refractivity contribution is 0.133. The monoisotopic (exact) mass is 444 g/mol. The largest absolute Gasteiger partial charge is 0.493 e. The number of hydrogen-bond donors (Lipinski definition) is 3. The molecule has 2 aromatic heterocycles. The number of rotatable bonds is 13. The zero-order valence-corrected chi connectivity index (χ0v) is 18.9. The molecule has 0 aliphatic rings. The molecule has 0 fully saturated rings. The van der Waals surface area contributed by atoms with Gasteiger partial charge >= 0.3 is 6.01 Å². The number of nitrogen functional groups attached to an aromatic ring is 1. The van der Waals surface area contributed by atoms with Crippen molar-refractivity contribution in [2.45, 2.75) is 38.7 Å². The Bertz CT molecular complexity index is 1000. The van der Waals surface area contributed by atoms with Gasteiger partial charge in [0.15, 0.2) is 23.0 Å². The predicted octanol–water partition coefficient (Wildman–Crippen LogP) is 1.83. The van der Waals surface area contributed by atoms with E-state index in [2.05, 4.69) is 27.3 Å². The Kier molecular flexibility index (Phi) is 8.46. The second-order valence-corrected chi connectivity index (χ2v) is 7.42. The van der Waals surface area contributed by atoms with Gasteiger partial charge in [0.2, 0.25) is 0 Å². The third-order valence-electron chi connectivity index (χ3n) is 5.00. The average Bonchev–Trinajstić information content (AvgIpc) is 3.18. The van der Waals surface area contributed by atoms with Crippen LogP contribution in [0.4, 0.5) is 5.82 Å². The topological polar surface area (TPSA) is 129 Å².